The molecule has 3 nitrogen and oxygen atoms in total. The van der Waals surface area contributed by atoms with E-state index in [4.69, 9.17) is 0 Å². The Balaban J connectivity index is -0.0000000800. The summed E-state index contributed by atoms with van der Waals surface area (Å²) in [6.07, 6.45) is 0.111. The molecule has 0 aromatic heterocycles. The summed E-state index contributed by atoms with van der Waals surface area (Å²) in [6, 6.07) is 0. The van der Waals surface area contributed by atoms with Crippen molar-refractivity contribution >= 4 is 5.97 Å². The molecule has 0 saturated carbocycles. The van der Waals surface area contributed by atoms with Crippen LogP contribution in [0.4, 0.5) is 0 Å². The number of carboxylic acids is 1. The molecular formula is C3H9CuNO2. The van der Waals surface area contributed by atoms with Crippen LogP contribution in [0.1, 0.15) is 13.3 Å². The van der Waals surface area contributed by atoms with Gasteiger partial charge in [0.1, 0.15) is 0 Å². The van der Waals surface area contributed by atoms with Crippen molar-refractivity contribution in [2.75, 3.05) is 0 Å². The summed E-state index contributed by atoms with van der Waals surface area (Å²) >= 11 is 0. The number of rotatable bonds is 1. The topological polar surface area (TPSA) is 76.6 Å². The second kappa shape index (κ2) is 9.34. The van der Waals surface area contributed by atoms with Crippen molar-refractivity contribution in [1.82, 2.24) is 6.15 Å². The predicted molar refractivity (Wildman–Crippen MR) is 21.3 cm³/mol. The first-order valence-corrected chi connectivity index (χ1v) is 1.47. The minimum Gasteiger partial charge on any atom is -0.550 e. The van der Waals surface area contributed by atoms with Crippen molar-refractivity contribution < 1.29 is 27.0 Å². The van der Waals surface area contributed by atoms with Crippen LogP contribution in [-0.4, -0.2) is 5.97 Å². The fraction of sp³-hybridized carbons (Fsp3) is 0.667. The molecule has 7 heavy (non-hydrogen) atoms. The normalized spacial score (nSPS) is 5.29. The third-order valence-electron chi connectivity index (χ3n) is 0.289. The Labute approximate surface area is 53.2 Å². The average molecular weight is 155 g/mol. The number of carboxylic acid groups (broad SMARTS) is 1. The van der Waals surface area contributed by atoms with Gasteiger partial charge in [0.2, 0.25) is 0 Å². The molecule has 0 atom stereocenters. The molecule has 0 rings (SSSR count). The van der Waals surface area contributed by atoms with Crippen LogP contribution in [0.2, 0.25) is 0 Å². The van der Waals surface area contributed by atoms with Gasteiger partial charge >= 0.3 is 0 Å². The standard InChI is InChI=1S/C3H6O2.Cu.H3N/c1-2-3(4)5;;/h2H2,1H3,(H,4,5);;1H3. The molecule has 49 valence electrons. The largest absolute Gasteiger partial charge is 0.550 e. The Morgan fingerprint density at radius 1 is 1.71 bits per heavy atom. The van der Waals surface area contributed by atoms with Crippen LogP contribution in [-0.2, 0) is 21.9 Å². The Morgan fingerprint density at radius 3 is 1.86 bits per heavy atom. The van der Waals surface area contributed by atoms with Gasteiger partial charge < -0.3 is 16.1 Å². The van der Waals surface area contributed by atoms with E-state index in [1.165, 1.54) is 6.92 Å². The second-order valence-corrected chi connectivity index (χ2v) is 0.726. The van der Waals surface area contributed by atoms with Crippen LogP contribution in [0.5, 0.6) is 0 Å². The van der Waals surface area contributed by atoms with Crippen LogP contribution >= 0.6 is 0 Å². The van der Waals surface area contributed by atoms with Crippen molar-refractivity contribution in [3.8, 4) is 0 Å². The van der Waals surface area contributed by atoms with Gasteiger partial charge in [-0.2, -0.15) is 0 Å². The summed E-state index contributed by atoms with van der Waals surface area (Å²) < 4.78 is 0. The van der Waals surface area contributed by atoms with E-state index in [1.807, 2.05) is 0 Å². The molecule has 0 unspecified atom stereocenters. The van der Waals surface area contributed by atoms with E-state index in [0.717, 1.165) is 0 Å². The molecule has 0 spiro atoms. The van der Waals surface area contributed by atoms with Gasteiger partial charge in [-0.05, 0) is 6.42 Å². The van der Waals surface area contributed by atoms with Gasteiger partial charge in [0.25, 0.3) is 0 Å². The molecule has 0 saturated heterocycles. The molecule has 0 heterocycles. The maximum absolute atomic E-state index is 9.26. The van der Waals surface area contributed by atoms with Gasteiger partial charge in [0.15, 0.2) is 0 Å². The Morgan fingerprint density at radius 2 is 1.86 bits per heavy atom. The first-order valence-electron chi connectivity index (χ1n) is 1.47. The molecule has 0 aliphatic carbocycles. The summed E-state index contributed by atoms with van der Waals surface area (Å²) in [6.45, 7) is 1.54. The molecule has 0 aliphatic heterocycles. The predicted octanol–water partition coefficient (Wildman–Crippen LogP) is -0.480. The number of carbonyl (C=O) groups is 1. The van der Waals surface area contributed by atoms with E-state index in [1.54, 1.807) is 0 Å². The Kier molecular flexibility index (Phi) is 21.0. The monoisotopic (exact) mass is 154 g/mol. The van der Waals surface area contributed by atoms with Crippen LogP contribution < -0.4 is 11.3 Å². The third kappa shape index (κ3) is 24.4. The van der Waals surface area contributed by atoms with Crippen molar-refractivity contribution in [1.29, 1.82) is 0 Å². The van der Waals surface area contributed by atoms with Gasteiger partial charge in [0, 0.05) is 23.0 Å². The third-order valence-corrected chi connectivity index (χ3v) is 0.289. The maximum Gasteiger partial charge on any atom is 0.0411 e. The van der Waals surface area contributed by atoms with E-state index >= 15 is 0 Å². The summed E-state index contributed by atoms with van der Waals surface area (Å²) in [4.78, 5) is 9.26. The molecule has 4 heteroatoms. The van der Waals surface area contributed by atoms with Crippen LogP contribution in [0.3, 0.4) is 0 Å². The minimum absolute atomic E-state index is 0. The Hall–Kier alpha value is -0.0505. The van der Waals surface area contributed by atoms with Gasteiger partial charge in [0.05, 0.1) is 0 Å². The number of carbonyl (C=O) groups excluding carboxylic acids is 1. The number of hydrogen-bond donors (Lipinski definition) is 1. The molecule has 0 aromatic rings. The van der Waals surface area contributed by atoms with Gasteiger partial charge in [-0.15, -0.1) is 0 Å². The van der Waals surface area contributed by atoms with Crippen molar-refractivity contribution in [2.24, 2.45) is 0 Å². The van der Waals surface area contributed by atoms with Crippen LogP contribution in [0.15, 0.2) is 0 Å². The van der Waals surface area contributed by atoms with E-state index in [-0.39, 0.29) is 29.6 Å². The average Bonchev–Trinajstić information content (AvgIpc) is 1.38. The van der Waals surface area contributed by atoms with Gasteiger partial charge in [-0.3, -0.25) is 0 Å². The maximum atomic E-state index is 9.26. The van der Waals surface area contributed by atoms with Crippen molar-refractivity contribution in [3.63, 3.8) is 0 Å². The number of quaternary nitrogens is 1. The van der Waals surface area contributed by atoms with E-state index < -0.39 is 5.97 Å². The SMILES string of the molecule is CCC(=O)[O-].[Cu].[NH4+]. The fourth-order valence-corrected chi connectivity index (χ4v) is 0. The van der Waals surface area contributed by atoms with Crippen molar-refractivity contribution in [2.45, 2.75) is 13.3 Å². The van der Waals surface area contributed by atoms with Crippen molar-refractivity contribution in [3.05, 3.63) is 0 Å². The zero-order valence-corrected chi connectivity index (χ0v) is 5.27. The smallest absolute Gasteiger partial charge is 0.0411 e. The van der Waals surface area contributed by atoms with E-state index in [2.05, 4.69) is 0 Å². The van der Waals surface area contributed by atoms with E-state index in [0.29, 0.717) is 0 Å². The van der Waals surface area contributed by atoms with Crippen LogP contribution in [0.25, 0.3) is 0 Å². The summed E-state index contributed by atoms with van der Waals surface area (Å²) in [5.41, 5.74) is 0. The molecule has 1 radical (unpaired) electrons. The molecule has 0 aromatic carbocycles. The molecule has 4 N–H and O–H groups in total. The molecular weight excluding hydrogens is 146 g/mol. The fourth-order valence-electron chi connectivity index (χ4n) is 0. The number of hydrogen-bond acceptors (Lipinski definition) is 2. The minimum atomic E-state index is -0.995. The molecule has 0 amide bonds. The zero-order valence-electron chi connectivity index (χ0n) is 4.33. The quantitative estimate of drug-likeness (QED) is 0.518. The van der Waals surface area contributed by atoms with Crippen LogP contribution in [0, 0.1) is 0 Å². The zero-order chi connectivity index (χ0) is 4.28. The summed E-state index contributed by atoms with van der Waals surface area (Å²) in [5.74, 6) is -0.995. The summed E-state index contributed by atoms with van der Waals surface area (Å²) in [5, 5.41) is 9.26. The summed E-state index contributed by atoms with van der Waals surface area (Å²) in [7, 11) is 0. The first-order chi connectivity index (χ1) is 2.27. The Bertz CT molecular complexity index is 48.2. The molecule has 0 fully saturated rings. The van der Waals surface area contributed by atoms with Gasteiger partial charge in [-0.25, -0.2) is 0 Å². The molecule has 0 bridgehead atoms. The first kappa shape index (κ1) is 15.8. The number of aliphatic carboxylic acids is 1. The van der Waals surface area contributed by atoms with Gasteiger partial charge in [-0.1, -0.05) is 6.92 Å². The molecule has 0 aliphatic rings. The second-order valence-electron chi connectivity index (χ2n) is 0.726. The van der Waals surface area contributed by atoms with E-state index in [9.17, 15) is 9.90 Å².